The molecule has 4 fully saturated rings. The Kier molecular flexibility index (Phi) is 10.8. The van der Waals surface area contributed by atoms with Crippen molar-refractivity contribution in [3.8, 4) is 0 Å². The van der Waals surface area contributed by atoms with E-state index in [-0.39, 0.29) is 5.60 Å². The lowest BCUT2D eigenvalue weighted by Gasteiger charge is -2.40. The van der Waals surface area contributed by atoms with E-state index in [9.17, 15) is 4.79 Å². The molecule has 3 aliphatic heterocycles. The number of allylic oxidation sites excluding steroid dienone is 1. The first kappa shape index (κ1) is 26.1. The van der Waals surface area contributed by atoms with E-state index in [1.165, 1.54) is 42.6 Å². The summed E-state index contributed by atoms with van der Waals surface area (Å²) in [6, 6.07) is 0. The first-order chi connectivity index (χ1) is 14.9. The standard InChI is InChI=1S/C14H24O.C9H16N2O3.CH4O/c1-11(2)9-10-13-14(3,15-13)12-7-5-4-6-8-12;12-9(13)11-6-8(7-11)5-10-1-3-14-4-2-10;1-2/h9,12-13H,4-8,10H2,1-3H3;8H,1-7H2,(H,12,13);2H,1H3. The summed E-state index contributed by atoms with van der Waals surface area (Å²) in [5.41, 5.74) is 1.64. The highest BCUT2D eigenvalue weighted by Gasteiger charge is 2.56. The lowest BCUT2D eigenvalue weighted by atomic mass is 9.78. The van der Waals surface area contributed by atoms with Gasteiger partial charge in [-0.05, 0) is 46.0 Å². The fraction of sp³-hybridized carbons (Fsp3) is 0.875. The minimum absolute atomic E-state index is 0.229. The van der Waals surface area contributed by atoms with Crippen LogP contribution in [-0.2, 0) is 9.47 Å². The topological polar surface area (TPSA) is 85.8 Å². The number of epoxide rings is 1. The Morgan fingerprint density at radius 3 is 2.26 bits per heavy atom. The van der Waals surface area contributed by atoms with Crippen molar-refractivity contribution in [3.05, 3.63) is 11.6 Å². The summed E-state index contributed by atoms with van der Waals surface area (Å²) < 4.78 is 11.2. The van der Waals surface area contributed by atoms with Crippen molar-refractivity contribution in [3.63, 3.8) is 0 Å². The van der Waals surface area contributed by atoms with Crippen molar-refractivity contribution in [2.24, 2.45) is 11.8 Å². The normalized spacial score (nSPS) is 28.9. The smallest absolute Gasteiger partial charge is 0.407 e. The van der Waals surface area contributed by atoms with Crippen LogP contribution in [0.5, 0.6) is 0 Å². The van der Waals surface area contributed by atoms with Gasteiger partial charge in [0, 0.05) is 45.8 Å². The minimum Gasteiger partial charge on any atom is -0.465 e. The number of amides is 1. The predicted octanol–water partition coefficient (Wildman–Crippen LogP) is 3.62. The molecule has 3 saturated heterocycles. The molecular weight excluding hydrogens is 396 g/mol. The van der Waals surface area contributed by atoms with Gasteiger partial charge < -0.3 is 24.6 Å². The van der Waals surface area contributed by atoms with E-state index in [0.717, 1.165) is 52.3 Å². The molecule has 0 aromatic carbocycles. The van der Waals surface area contributed by atoms with Gasteiger partial charge in [-0.15, -0.1) is 0 Å². The zero-order valence-corrected chi connectivity index (χ0v) is 20.0. The summed E-state index contributed by atoms with van der Waals surface area (Å²) in [6.07, 6.45) is 10.2. The van der Waals surface area contributed by atoms with Crippen LogP contribution < -0.4 is 0 Å². The molecule has 2 unspecified atom stereocenters. The molecular formula is C24H44N2O5. The number of carboxylic acid groups (broad SMARTS) is 1. The van der Waals surface area contributed by atoms with E-state index >= 15 is 0 Å². The van der Waals surface area contributed by atoms with Gasteiger partial charge in [0.1, 0.15) is 0 Å². The summed E-state index contributed by atoms with van der Waals surface area (Å²) in [7, 11) is 1.00. The van der Waals surface area contributed by atoms with Crippen LogP contribution in [0.4, 0.5) is 4.79 Å². The average Bonchev–Trinajstić information content (AvgIpc) is 3.43. The number of aliphatic hydroxyl groups is 1. The second-order valence-electron chi connectivity index (χ2n) is 9.61. The highest BCUT2D eigenvalue weighted by atomic mass is 16.6. The molecule has 180 valence electrons. The molecule has 7 nitrogen and oxygen atoms in total. The average molecular weight is 441 g/mol. The fourth-order valence-corrected chi connectivity index (χ4v) is 4.92. The van der Waals surface area contributed by atoms with Crippen LogP contribution in [0.25, 0.3) is 0 Å². The molecule has 31 heavy (non-hydrogen) atoms. The number of rotatable bonds is 5. The number of carbonyl (C=O) groups is 1. The number of likely N-dealkylation sites (tertiary alicyclic amines) is 1. The van der Waals surface area contributed by atoms with Gasteiger partial charge in [0.25, 0.3) is 0 Å². The summed E-state index contributed by atoms with van der Waals surface area (Å²) in [5.74, 6) is 1.37. The molecule has 1 saturated carbocycles. The predicted molar refractivity (Wildman–Crippen MR) is 122 cm³/mol. The Morgan fingerprint density at radius 1 is 1.10 bits per heavy atom. The molecule has 0 spiro atoms. The lowest BCUT2D eigenvalue weighted by Crippen LogP contribution is -2.54. The van der Waals surface area contributed by atoms with Gasteiger partial charge in [0.2, 0.25) is 0 Å². The number of ether oxygens (including phenoxy) is 2. The maximum absolute atomic E-state index is 10.5. The molecule has 0 bridgehead atoms. The molecule has 0 aromatic heterocycles. The van der Waals surface area contributed by atoms with Gasteiger partial charge in [-0.1, -0.05) is 30.9 Å². The van der Waals surface area contributed by atoms with Crippen molar-refractivity contribution in [2.45, 2.75) is 71.0 Å². The molecule has 1 amide bonds. The van der Waals surface area contributed by atoms with Crippen LogP contribution in [0, 0.1) is 11.8 Å². The minimum atomic E-state index is -0.789. The third-order valence-corrected chi connectivity index (χ3v) is 6.98. The Bertz CT molecular complexity index is 562. The molecule has 4 rings (SSSR count). The monoisotopic (exact) mass is 440 g/mol. The van der Waals surface area contributed by atoms with Gasteiger partial charge in [-0.2, -0.15) is 0 Å². The number of hydrogen-bond donors (Lipinski definition) is 2. The van der Waals surface area contributed by atoms with E-state index in [4.69, 9.17) is 19.7 Å². The van der Waals surface area contributed by atoms with Crippen molar-refractivity contribution in [1.82, 2.24) is 9.80 Å². The first-order valence-electron chi connectivity index (χ1n) is 11.9. The first-order valence-corrected chi connectivity index (χ1v) is 11.9. The third-order valence-electron chi connectivity index (χ3n) is 6.98. The molecule has 0 aromatic rings. The quantitative estimate of drug-likeness (QED) is 0.502. The molecule has 1 aliphatic carbocycles. The van der Waals surface area contributed by atoms with Gasteiger partial charge in [0.15, 0.2) is 0 Å². The van der Waals surface area contributed by atoms with Crippen molar-refractivity contribution in [2.75, 3.05) is 53.0 Å². The summed E-state index contributed by atoms with van der Waals surface area (Å²) in [5, 5.41) is 15.6. The van der Waals surface area contributed by atoms with Crippen molar-refractivity contribution in [1.29, 1.82) is 0 Å². The van der Waals surface area contributed by atoms with E-state index < -0.39 is 6.09 Å². The Hall–Kier alpha value is -1.15. The van der Waals surface area contributed by atoms with E-state index in [0.29, 0.717) is 25.1 Å². The highest BCUT2D eigenvalue weighted by molar-refractivity contribution is 5.66. The number of aliphatic hydroxyl groups excluding tert-OH is 1. The van der Waals surface area contributed by atoms with E-state index in [2.05, 4.69) is 31.7 Å². The van der Waals surface area contributed by atoms with Gasteiger partial charge in [-0.3, -0.25) is 4.90 Å². The Morgan fingerprint density at radius 2 is 1.71 bits per heavy atom. The van der Waals surface area contributed by atoms with Crippen LogP contribution in [0.3, 0.4) is 0 Å². The van der Waals surface area contributed by atoms with Crippen molar-refractivity contribution < 1.29 is 24.5 Å². The fourth-order valence-electron chi connectivity index (χ4n) is 4.92. The highest BCUT2D eigenvalue weighted by Crippen LogP contribution is 2.49. The lowest BCUT2D eigenvalue weighted by molar-refractivity contribution is 0.00873. The van der Waals surface area contributed by atoms with Gasteiger partial charge in [-0.25, -0.2) is 4.79 Å². The van der Waals surface area contributed by atoms with E-state index in [1.54, 1.807) is 0 Å². The van der Waals surface area contributed by atoms with E-state index in [1.807, 2.05) is 0 Å². The van der Waals surface area contributed by atoms with Crippen LogP contribution in [0.2, 0.25) is 0 Å². The molecule has 7 heteroatoms. The number of nitrogens with zero attached hydrogens (tertiary/aromatic N) is 2. The Balaban J connectivity index is 0.000000204. The number of hydrogen-bond acceptors (Lipinski definition) is 5. The van der Waals surface area contributed by atoms with Crippen LogP contribution in [0.15, 0.2) is 11.6 Å². The molecule has 2 N–H and O–H groups in total. The molecule has 2 atom stereocenters. The maximum atomic E-state index is 10.5. The SMILES string of the molecule is CC(C)=CCC1OC1(C)C1CCCCC1.CO.O=C(O)N1CC(CN2CCOCC2)C1. The summed E-state index contributed by atoms with van der Waals surface area (Å²) >= 11 is 0. The largest absolute Gasteiger partial charge is 0.465 e. The second kappa shape index (κ2) is 12.8. The summed E-state index contributed by atoms with van der Waals surface area (Å²) in [6.45, 7) is 12.7. The zero-order chi connectivity index (χ0) is 22.9. The Labute approximate surface area is 188 Å². The zero-order valence-electron chi connectivity index (χ0n) is 20.0. The van der Waals surface area contributed by atoms with Crippen LogP contribution in [0.1, 0.15) is 59.3 Å². The summed E-state index contributed by atoms with van der Waals surface area (Å²) in [4.78, 5) is 14.3. The van der Waals surface area contributed by atoms with Gasteiger partial charge in [0.05, 0.1) is 24.9 Å². The second-order valence-corrected chi connectivity index (χ2v) is 9.61. The van der Waals surface area contributed by atoms with Crippen LogP contribution in [-0.4, -0.2) is 90.9 Å². The van der Waals surface area contributed by atoms with Gasteiger partial charge >= 0.3 is 6.09 Å². The molecule has 0 radical (unpaired) electrons. The van der Waals surface area contributed by atoms with Crippen molar-refractivity contribution >= 4 is 6.09 Å². The maximum Gasteiger partial charge on any atom is 0.407 e. The molecule has 3 heterocycles. The third kappa shape index (κ3) is 8.04. The number of morpholine rings is 1. The molecule has 4 aliphatic rings. The van der Waals surface area contributed by atoms with Crippen LogP contribution >= 0.6 is 0 Å².